The van der Waals surface area contributed by atoms with E-state index in [1.165, 1.54) is 0 Å². The zero-order chi connectivity index (χ0) is 31.3. The fraction of sp³-hybridized carbons (Fsp3) is 0.162. The average molecular weight is 638 g/mol. The molecule has 0 saturated heterocycles. The fourth-order valence-electron chi connectivity index (χ4n) is 6.41. The number of ether oxygens (including phenoxy) is 3. The van der Waals surface area contributed by atoms with Gasteiger partial charge in [0.2, 0.25) is 0 Å². The Morgan fingerprint density at radius 3 is 1.93 bits per heavy atom. The monoisotopic (exact) mass is 636 g/mol. The lowest BCUT2D eigenvalue weighted by Gasteiger charge is -2.38. The van der Waals surface area contributed by atoms with Crippen LogP contribution in [-0.4, -0.2) is 26.2 Å². The molecule has 45 heavy (non-hydrogen) atoms. The molecule has 1 atom stereocenters. The lowest BCUT2D eigenvalue weighted by molar-refractivity contribution is 0.0224. The minimum atomic E-state index is -1.24. The fourth-order valence-corrected chi connectivity index (χ4v) is 6.66. The van der Waals surface area contributed by atoms with Gasteiger partial charge in [0.15, 0.2) is 5.60 Å². The van der Waals surface area contributed by atoms with E-state index in [4.69, 9.17) is 37.4 Å². The first-order valence-electron chi connectivity index (χ1n) is 14.8. The second-order valence-corrected chi connectivity index (χ2v) is 11.8. The summed E-state index contributed by atoms with van der Waals surface area (Å²) in [6.45, 7) is 5.93. The summed E-state index contributed by atoms with van der Waals surface area (Å²) in [7, 11) is 1.63. The van der Waals surface area contributed by atoms with E-state index < -0.39 is 5.60 Å². The van der Waals surface area contributed by atoms with E-state index in [0.29, 0.717) is 44.1 Å². The molecule has 2 heterocycles. The molecule has 8 heteroatoms. The van der Waals surface area contributed by atoms with Crippen LogP contribution in [0.5, 0.6) is 17.2 Å². The molecule has 0 bridgehead atoms. The Morgan fingerprint density at radius 1 is 0.711 bits per heavy atom. The van der Waals surface area contributed by atoms with Crippen LogP contribution in [0, 0.1) is 0 Å². The number of nitrogens with zero attached hydrogens (tertiary/aromatic N) is 2. The van der Waals surface area contributed by atoms with E-state index in [0.717, 1.165) is 41.3 Å². The highest BCUT2D eigenvalue weighted by Crippen LogP contribution is 2.59. The number of methoxy groups -OCH3 is 1. The van der Waals surface area contributed by atoms with Crippen LogP contribution in [0.25, 0.3) is 0 Å². The van der Waals surface area contributed by atoms with Crippen molar-refractivity contribution in [3.63, 3.8) is 0 Å². The predicted octanol–water partition coefficient (Wildman–Crippen LogP) is 9.89. The number of carbonyl (C=O) groups excluding carboxylic acids is 1. The number of anilines is 4. The molecule has 0 saturated carbocycles. The number of fused-ring (bicyclic) bond motifs is 6. The maximum Gasteiger partial charge on any atom is 0.340 e. The van der Waals surface area contributed by atoms with Gasteiger partial charge < -0.3 is 24.0 Å². The average Bonchev–Trinajstić information content (AvgIpc) is 3.36. The van der Waals surface area contributed by atoms with Gasteiger partial charge in [-0.05, 0) is 86.6 Å². The van der Waals surface area contributed by atoms with Crippen LogP contribution < -0.4 is 19.3 Å². The Bertz CT molecular complexity index is 1880. The number of halogens is 2. The lowest BCUT2D eigenvalue weighted by Crippen LogP contribution is -2.33. The van der Waals surface area contributed by atoms with Crippen molar-refractivity contribution in [2.45, 2.75) is 19.4 Å². The zero-order valence-corrected chi connectivity index (χ0v) is 26.5. The van der Waals surface area contributed by atoms with Crippen LogP contribution in [-0.2, 0) is 10.3 Å². The van der Waals surface area contributed by atoms with Crippen molar-refractivity contribution < 1.29 is 19.0 Å². The lowest BCUT2D eigenvalue weighted by atomic mass is 9.77. The van der Waals surface area contributed by atoms with Crippen molar-refractivity contribution in [2.24, 2.45) is 0 Å². The molecule has 226 valence electrons. The highest BCUT2D eigenvalue weighted by Gasteiger charge is 2.54. The minimum Gasteiger partial charge on any atom is -0.494 e. The Morgan fingerprint density at radius 2 is 1.31 bits per heavy atom. The standard InChI is InChI=1S/C37H30Cl2N2O4/c1-4-40(5-2)27-18-19-30-33(20-27)44-34-22-35(43-3)32(21-31(34)37(30)29-9-7-6-8-28(29)36(42)45-37)41(25-14-10-23(38)11-15-25)26-16-12-24(39)13-17-26/h6-22H,4-5H2,1-3H3. The van der Waals surface area contributed by atoms with E-state index in [1.54, 1.807) is 7.11 Å². The molecule has 5 aromatic rings. The largest absolute Gasteiger partial charge is 0.494 e. The normalized spacial score (nSPS) is 15.9. The smallest absolute Gasteiger partial charge is 0.340 e. The summed E-state index contributed by atoms with van der Waals surface area (Å²) in [4.78, 5) is 17.9. The third kappa shape index (κ3) is 4.68. The third-order valence-electron chi connectivity index (χ3n) is 8.54. The highest BCUT2D eigenvalue weighted by molar-refractivity contribution is 6.31. The maximum absolute atomic E-state index is 13.5. The quantitative estimate of drug-likeness (QED) is 0.166. The summed E-state index contributed by atoms with van der Waals surface area (Å²) < 4.78 is 19.2. The third-order valence-corrected chi connectivity index (χ3v) is 9.04. The highest BCUT2D eigenvalue weighted by atomic mass is 35.5. The SMILES string of the molecule is CCN(CC)c1ccc2c(c1)Oc1cc(OC)c(N(c3ccc(Cl)cc3)c3ccc(Cl)cc3)cc1C21OC(=O)c2ccccc21. The zero-order valence-electron chi connectivity index (χ0n) is 25.0. The second-order valence-electron chi connectivity index (χ2n) is 10.9. The molecule has 7 rings (SSSR count). The van der Waals surface area contributed by atoms with Crippen molar-refractivity contribution in [1.29, 1.82) is 0 Å². The Hall–Kier alpha value is -4.65. The molecule has 2 aliphatic heterocycles. The molecule has 0 aromatic heterocycles. The molecule has 0 fully saturated rings. The maximum atomic E-state index is 13.5. The minimum absolute atomic E-state index is 0.387. The predicted molar refractivity (Wildman–Crippen MR) is 180 cm³/mol. The Kier molecular flexibility index (Phi) is 7.35. The van der Waals surface area contributed by atoms with Crippen LogP contribution in [0.3, 0.4) is 0 Å². The van der Waals surface area contributed by atoms with Gasteiger partial charge in [0.25, 0.3) is 0 Å². The molecule has 1 spiro atoms. The van der Waals surface area contributed by atoms with Gasteiger partial charge in [-0.1, -0.05) is 41.4 Å². The van der Waals surface area contributed by atoms with Crippen LogP contribution in [0.15, 0.2) is 103 Å². The van der Waals surface area contributed by atoms with Gasteiger partial charge in [-0.25, -0.2) is 4.79 Å². The molecule has 1 unspecified atom stereocenters. The van der Waals surface area contributed by atoms with Gasteiger partial charge in [0.1, 0.15) is 17.2 Å². The van der Waals surface area contributed by atoms with Gasteiger partial charge in [0.05, 0.1) is 18.4 Å². The summed E-state index contributed by atoms with van der Waals surface area (Å²) in [5, 5.41) is 1.24. The number of hydrogen-bond donors (Lipinski definition) is 0. The van der Waals surface area contributed by atoms with Crippen LogP contribution in [0.4, 0.5) is 22.7 Å². The summed E-state index contributed by atoms with van der Waals surface area (Å²) in [6.07, 6.45) is 0. The molecule has 5 aromatic carbocycles. The molecular formula is C37H30Cl2N2O4. The van der Waals surface area contributed by atoms with Crippen molar-refractivity contribution >= 4 is 51.9 Å². The van der Waals surface area contributed by atoms with E-state index in [9.17, 15) is 4.79 Å². The van der Waals surface area contributed by atoms with Gasteiger partial charge in [-0.2, -0.15) is 0 Å². The number of benzene rings is 5. The first kappa shape index (κ1) is 29.1. The molecular weight excluding hydrogens is 607 g/mol. The van der Waals surface area contributed by atoms with Crippen molar-refractivity contribution in [3.8, 4) is 17.2 Å². The number of rotatable bonds is 7. The molecule has 0 N–H and O–H groups in total. The van der Waals surface area contributed by atoms with E-state index in [-0.39, 0.29) is 5.97 Å². The van der Waals surface area contributed by atoms with Gasteiger partial charge >= 0.3 is 5.97 Å². The van der Waals surface area contributed by atoms with Crippen molar-refractivity contribution in [1.82, 2.24) is 0 Å². The summed E-state index contributed by atoms with van der Waals surface area (Å²) >= 11 is 12.6. The summed E-state index contributed by atoms with van der Waals surface area (Å²) in [6, 6.07) is 32.6. The van der Waals surface area contributed by atoms with Crippen molar-refractivity contribution in [2.75, 3.05) is 30.0 Å². The molecule has 0 amide bonds. The van der Waals surface area contributed by atoms with Crippen LogP contribution in [0.2, 0.25) is 10.0 Å². The van der Waals surface area contributed by atoms with E-state index >= 15 is 0 Å². The van der Waals surface area contributed by atoms with Crippen molar-refractivity contribution in [3.05, 3.63) is 135 Å². The second kappa shape index (κ2) is 11.4. The molecule has 0 aliphatic carbocycles. The topological polar surface area (TPSA) is 51.2 Å². The van der Waals surface area contributed by atoms with Gasteiger partial charge in [-0.3, -0.25) is 0 Å². The van der Waals surface area contributed by atoms with Gasteiger partial charge in [-0.15, -0.1) is 0 Å². The number of hydrogen-bond acceptors (Lipinski definition) is 6. The van der Waals surface area contributed by atoms with Gasteiger partial charge in [0, 0.05) is 69.0 Å². The first-order valence-corrected chi connectivity index (χ1v) is 15.6. The van der Waals surface area contributed by atoms with Crippen LogP contribution in [0.1, 0.15) is 40.9 Å². The Balaban J connectivity index is 1.51. The summed E-state index contributed by atoms with van der Waals surface area (Å²) in [5.74, 6) is 1.34. The molecule has 2 aliphatic rings. The van der Waals surface area contributed by atoms with E-state index in [2.05, 4.69) is 29.7 Å². The number of esters is 1. The number of carbonyl (C=O) groups is 1. The molecule has 0 radical (unpaired) electrons. The Labute approximate surface area is 272 Å². The molecule has 6 nitrogen and oxygen atoms in total. The summed E-state index contributed by atoms with van der Waals surface area (Å²) in [5.41, 5.74) is 4.91. The van der Waals surface area contributed by atoms with E-state index in [1.807, 2.05) is 97.1 Å². The van der Waals surface area contributed by atoms with Crippen LogP contribution >= 0.6 is 23.2 Å². The first-order chi connectivity index (χ1) is 21.9.